The van der Waals surface area contributed by atoms with E-state index in [-0.39, 0.29) is 11.9 Å². The Morgan fingerprint density at radius 3 is 2.74 bits per heavy atom. The van der Waals surface area contributed by atoms with Crippen LogP contribution in [0.5, 0.6) is 5.75 Å². The second-order valence-electron chi connectivity index (χ2n) is 7.39. The van der Waals surface area contributed by atoms with Crippen molar-refractivity contribution in [1.82, 2.24) is 14.8 Å². The molecule has 3 rings (SSSR count). The summed E-state index contributed by atoms with van der Waals surface area (Å²) < 4.78 is 11.4. The lowest BCUT2D eigenvalue weighted by atomic mass is 10.0. The Balaban J connectivity index is 1.76. The summed E-state index contributed by atoms with van der Waals surface area (Å²) >= 11 is 0. The van der Waals surface area contributed by atoms with Crippen LogP contribution in [0.3, 0.4) is 0 Å². The molecule has 2 heterocycles. The molecule has 27 heavy (non-hydrogen) atoms. The van der Waals surface area contributed by atoms with E-state index in [4.69, 9.17) is 14.1 Å². The van der Waals surface area contributed by atoms with Crippen molar-refractivity contribution in [3.63, 3.8) is 0 Å². The summed E-state index contributed by atoms with van der Waals surface area (Å²) in [4.78, 5) is 20.5. The summed E-state index contributed by atoms with van der Waals surface area (Å²) in [6, 6.07) is 4.24. The Bertz CT molecular complexity index is 843. The average Bonchev–Trinajstić information content (AvgIpc) is 3.24. The van der Waals surface area contributed by atoms with Gasteiger partial charge in [-0.3, -0.25) is 9.69 Å². The minimum atomic E-state index is 0.118. The third-order valence-corrected chi connectivity index (χ3v) is 5.75. The lowest BCUT2D eigenvalue weighted by Gasteiger charge is -2.23. The van der Waals surface area contributed by atoms with Gasteiger partial charge in [-0.2, -0.15) is 0 Å². The number of oxazole rings is 1. The summed E-state index contributed by atoms with van der Waals surface area (Å²) in [6.45, 7) is 10.3. The van der Waals surface area contributed by atoms with Crippen LogP contribution in [0.15, 0.2) is 16.5 Å². The molecule has 1 aromatic heterocycles. The average molecular weight is 371 g/mol. The van der Waals surface area contributed by atoms with Gasteiger partial charge in [0.1, 0.15) is 11.5 Å². The van der Waals surface area contributed by atoms with E-state index in [0.29, 0.717) is 5.89 Å². The van der Waals surface area contributed by atoms with Crippen LogP contribution < -0.4 is 4.74 Å². The SMILES string of the molecule is COc1ccc(-c2nc(CN3CC[C@H](N(C)C(C)=O)C3)c(C)o2)c(C)c1C. The first-order valence-corrected chi connectivity index (χ1v) is 9.38. The Hall–Kier alpha value is -2.34. The highest BCUT2D eigenvalue weighted by molar-refractivity contribution is 5.73. The first-order chi connectivity index (χ1) is 12.8. The van der Waals surface area contributed by atoms with Crippen molar-refractivity contribution >= 4 is 5.91 Å². The zero-order valence-electron chi connectivity index (χ0n) is 17.1. The first kappa shape index (κ1) is 19.4. The maximum atomic E-state index is 11.6. The van der Waals surface area contributed by atoms with Crippen molar-refractivity contribution in [2.45, 2.75) is 46.7 Å². The summed E-state index contributed by atoms with van der Waals surface area (Å²) in [7, 11) is 3.56. The number of aromatic nitrogens is 1. The molecule has 146 valence electrons. The Kier molecular flexibility index (Phi) is 5.56. The van der Waals surface area contributed by atoms with E-state index in [9.17, 15) is 4.79 Å². The molecule has 6 heteroatoms. The van der Waals surface area contributed by atoms with E-state index in [1.54, 1.807) is 14.0 Å². The molecule has 0 saturated carbocycles. The number of carbonyl (C=O) groups excluding carboxylic acids is 1. The second kappa shape index (κ2) is 7.72. The number of hydrogen-bond donors (Lipinski definition) is 0. The molecule has 1 aliphatic rings. The summed E-state index contributed by atoms with van der Waals surface area (Å²) in [6.07, 6.45) is 0.997. The van der Waals surface area contributed by atoms with Gasteiger partial charge in [-0.25, -0.2) is 4.98 Å². The van der Waals surface area contributed by atoms with Crippen LogP contribution in [0, 0.1) is 20.8 Å². The van der Waals surface area contributed by atoms with Crippen LogP contribution in [0.25, 0.3) is 11.5 Å². The van der Waals surface area contributed by atoms with Crippen LogP contribution in [0.4, 0.5) is 0 Å². The van der Waals surface area contributed by atoms with E-state index in [2.05, 4.69) is 11.8 Å². The molecular weight excluding hydrogens is 342 g/mol. The van der Waals surface area contributed by atoms with Gasteiger partial charge in [0.2, 0.25) is 11.8 Å². The predicted molar refractivity (Wildman–Crippen MR) is 105 cm³/mol. The van der Waals surface area contributed by atoms with Crippen LogP contribution in [-0.4, -0.2) is 54.0 Å². The lowest BCUT2D eigenvalue weighted by Crippen LogP contribution is -2.37. The number of aryl methyl sites for hydroxylation is 1. The molecule has 0 spiro atoms. The van der Waals surface area contributed by atoms with Crippen molar-refractivity contribution in [1.29, 1.82) is 0 Å². The number of methoxy groups -OCH3 is 1. The van der Waals surface area contributed by atoms with Gasteiger partial charge < -0.3 is 14.1 Å². The molecule has 0 aliphatic carbocycles. The molecule has 2 aromatic rings. The fourth-order valence-electron chi connectivity index (χ4n) is 3.68. The number of likely N-dealkylation sites (tertiary alicyclic amines) is 1. The highest BCUT2D eigenvalue weighted by atomic mass is 16.5. The van der Waals surface area contributed by atoms with Gasteiger partial charge in [0.25, 0.3) is 0 Å². The fraction of sp³-hybridized carbons (Fsp3) is 0.524. The molecule has 0 bridgehead atoms. The van der Waals surface area contributed by atoms with Gasteiger partial charge >= 0.3 is 0 Å². The molecule has 0 unspecified atom stereocenters. The number of likely N-dealkylation sites (N-methyl/N-ethyl adjacent to an activating group) is 1. The topological polar surface area (TPSA) is 58.8 Å². The van der Waals surface area contributed by atoms with Crippen molar-refractivity contribution in [3.8, 4) is 17.2 Å². The Labute approximate surface area is 161 Å². The van der Waals surface area contributed by atoms with E-state index >= 15 is 0 Å². The number of ether oxygens (including phenoxy) is 1. The first-order valence-electron chi connectivity index (χ1n) is 9.38. The standard InChI is InChI=1S/C21H29N3O3/c1-13-14(2)20(26-6)8-7-18(13)21-22-19(15(3)27-21)12-24-10-9-17(11-24)23(5)16(4)25/h7-8,17H,9-12H2,1-6H3/t17-/m0/s1. The van der Waals surface area contributed by atoms with Crippen LogP contribution in [0.1, 0.15) is 35.9 Å². The predicted octanol–water partition coefficient (Wildman–Crippen LogP) is 3.33. The van der Waals surface area contributed by atoms with Gasteiger partial charge in [0.05, 0.1) is 12.8 Å². The number of hydrogen-bond acceptors (Lipinski definition) is 5. The van der Waals surface area contributed by atoms with Crippen LogP contribution in [-0.2, 0) is 11.3 Å². The number of rotatable bonds is 5. The highest BCUT2D eigenvalue weighted by Crippen LogP contribution is 2.32. The van der Waals surface area contributed by atoms with E-state index in [1.165, 1.54) is 0 Å². The van der Waals surface area contributed by atoms with Crippen molar-refractivity contribution < 1.29 is 13.9 Å². The number of benzene rings is 1. The third kappa shape index (κ3) is 3.86. The summed E-state index contributed by atoms with van der Waals surface area (Å²) in [5, 5.41) is 0. The van der Waals surface area contributed by atoms with Gasteiger partial charge in [0.15, 0.2) is 0 Å². The summed E-state index contributed by atoms with van der Waals surface area (Å²) in [5.41, 5.74) is 4.18. The molecule has 6 nitrogen and oxygen atoms in total. The summed E-state index contributed by atoms with van der Waals surface area (Å²) in [5.74, 6) is 2.49. The zero-order valence-corrected chi connectivity index (χ0v) is 17.1. The molecule has 1 saturated heterocycles. The zero-order chi connectivity index (χ0) is 19.7. The minimum Gasteiger partial charge on any atom is -0.496 e. The van der Waals surface area contributed by atoms with Gasteiger partial charge in [-0.1, -0.05) is 0 Å². The molecule has 1 atom stereocenters. The number of nitrogens with zero attached hydrogens (tertiary/aromatic N) is 3. The molecule has 0 radical (unpaired) electrons. The normalized spacial score (nSPS) is 17.3. The van der Waals surface area contributed by atoms with Crippen LogP contribution in [0.2, 0.25) is 0 Å². The quantitative estimate of drug-likeness (QED) is 0.807. The van der Waals surface area contributed by atoms with E-state index in [0.717, 1.165) is 59.9 Å². The van der Waals surface area contributed by atoms with Crippen LogP contribution >= 0.6 is 0 Å². The molecule has 1 amide bonds. The molecular formula is C21H29N3O3. The molecule has 0 N–H and O–H groups in total. The highest BCUT2D eigenvalue weighted by Gasteiger charge is 2.28. The maximum absolute atomic E-state index is 11.6. The Morgan fingerprint density at radius 1 is 1.33 bits per heavy atom. The maximum Gasteiger partial charge on any atom is 0.226 e. The fourth-order valence-corrected chi connectivity index (χ4v) is 3.68. The van der Waals surface area contributed by atoms with Crippen molar-refractivity contribution in [2.24, 2.45) is 0 Å². The minimum absolute atomic E-state index is 0.118. The van der Waals surface area contributed by atoms with Gasteiger partial charge in [-0.15, -0.1) is 0 Å². The molecule has 1 aromatic carbocycles. The van der Waals surface area contributed by atoms with Gasteiger partial charge in [0, 0.05) is 45.2 Å². The molecule has 1 aliphatic heterocycles. The second-order valence-corrected chi connectivity index (χ2v) is 7.39. The van der Waals surface area contributed by atoms with E-state index < -0.39 is 0 Å². The third-order valence-electron chi connectivity index (χ3n) is 5.75. The Morgan fingerprint density at radius 2 is 2.07 bits per heavy atom. The monoisotopic (exact) mass is 371 g/mol. The van der Waals surface area contributed by atoms with Crippen molar-refractivity contribution in [3.05, 3.63) is 34.7 Å². The molecule has 1 fully saturated rings. The van der Waals surface area contributed by atoms with Crippen molar-refractivity contribution in [2.75, 3.05) is 27.2 Å². The lowest BCUT2D eigenvalue weighted by molar-refractivity contribution is -0.129. The number of amides is 1. The number of carbonyl (C=O) groups is 1. The van der Waals surface area contributed by atoms with E-state index in [1.807, 2.05) is 37.9 Å². The smallest absolute Gasteiger partial charge is 0.226 e. The van der Waals surface area contributed by atoms with Gasteiger partial charge in [-0.05, 0) is 50.5 Å². The largest absolute Gasteiger partial charge is 0.496 e.